The molecule has 9 heteroatoms. The summed E-state index contributed by atoms with van der Waals surface area (Å²) in [4.78, 5) is 19.0. The van der Waals surface area contributed by atoms with Gasteiger partial charge in [0.1, 0.15) is 5.82 Å². The number of nitrogens with one attached hydrogen (secondary N) is 2. The van der Waals surface area contributed by atoms with Crippen molar-refractivity contribution in [3.8, 4) is 0 Å². The molecule has 7 nitrogen and oxygen atoms in total. The summed E-state index contributed by atoms with van der Waals surface area (Å²) in [6.45, 7) is 2.49. The molecule has 156 valence electrons. The van der Waals surface area contributed by atoms with Gasteiger partial charge in [0.15, 0.2) is 0 Å². The minimum Gasteiger partial charge on any atom is -0.357 e. The molecule has 1 amide bonds. The second-order valence-corrected chi connectivity index (χ2v) is 9.63. The molecule has 0 spiro atoms. The van der Waals surface area contributed by atoms with Crippen LogP contribution in [0.1, 0.15) is 31.2 Å². The number of pyridine rings is 1. The van der Waals surface area contributed by atoms with Crippen molar-refractivity contribution in [2.75, 3.05) is 24.5 Å². The van der Waals surface area contributed by atoms with Crippen LogP contribution in [0.3, 0.4) is 0 Å². The Labute approximate surface area is 180 Å². The van der Waals surface area contributed by atoms with E-state index in [9.17, 15) is 13.2 Å². The number of carbonyl (C=O) groups excluding carboxylic acids is 1. The Morgan fingerprint density at radius 2 is 1.79 bits per heavy atom. The molecule has 0 bridgehead atoms. The maximum absolute atomic E-state index is 12.2. The highest BCUT2D eigenvalue weighted by atomic mass is 79.9. The van der Waals surface area contributed by atoms with E-state index in [1.807, 2.05) is 12.1 Å². The van der Waals surface area contributed by atoms with Crippen LogP contribution in [0.15, 0.2) is 52.0 Å². The van der Waals surface area contributed by atoms with E-state index in [0.29, 0.717) is 6.54 Å². The number of benzene rings is 1. The fraction of sp³-hybridized carbons (Fsp3) is 0.400. The van der Waals surface area contributed by atoms with Crippen LogP contribution in [0.5, 0.6) is 0 Å². The molecular formula is C20H25BrN4O3S. The van der Waals surface area contributed by atoms with Gasteiger partial charge in [0, 0.05) is 43.3 Å². The molecule has 1 fully saturated rings. The van der Waals surface area contributed by atoms with Crippen molar-refractivity contribution in [1.29, 1.82) is 0 Å². The monoisotopic (exact) mass is 480 g/mol. The molecule has 1 aromatic carbocycles. The van der Waals surface area contributed by atoms with Crippen LogP contribution >= 0.6 is 15.9 Å². The number of hydrogen-bond acceptors (Lipinski definition) is 5. The molecule has 0 saturated carbocycles. The summed E-state index contributed by atoms with van der Waals surface area (Å²) in [5.74, 6) is 0.755. The van der Waals surface area contributed by atoms with Crippen molar-refractivity contribution in [2.45, 2.75) is 37.1 Å². The number of sulfonamides is 1. The molecule has 0 unspecified atom stereocenters. The molecule has 1 aromatic heterocycles. The van der Waals surface area contributed by atoms with E-state index < -0.39 is 10.0 Å². The Hall–Kier alpha value is -1.97. The van der Waals surface area contributed by atoms with Gasteiger partial charge in [-0.25, -0.2) is 18.1 Å². The summed E-state index contributed by atoms with van der Waals surface area (Å²) < 4.78 is 27.6. The van der Waals surface area contributed by atoms with Crippen LogP contribution < -0.4 is 14.9 Å². The summed E-state index contributed by atoms with van der Waals surface area (Å²) in [5.41, 5.74) is 0.912. The van der Waals surface area contributed by atoms with Gasteiger partial charge in [-0.2, -0.15) is 0 Å². The van der Waals surface area contributed by atoms with Gasteiger partial charge in [-0.3, -0.25) is 4.79 Å². The lowest BCUT2D eigenvalue weighted by molar-refractivity contribution is -0.121. The van der Waals surface area contributed by atoms with Crippen LogP contribution in [-0.4, -0.2) is 38.9 Å². The third-order valence-electron chi connectivity index (χ3n) is 4.75. The van der Waals surface area contributed by atoms with Crippen LogP contribution in [0.4, 0.5) is 5.82 Å². The van der Waals surface area contributed by atoms with Crippen LogP contribution in [0.25, 0.3) is 0 Å². The molecule has 0 atom stereocenters. The van der Waals surface area contributed by atoms with Crippen LogP contribution in [0, 0.1) is 0 Å². The Morgan fingerprint density at radius 1 is 1.07 bits per heavy atom. The van der Waals surface area contributed by atoms with E-state index in [2.05, 4.69) is 35.9 Å². The van der Waals surface area contributed by atoms with Gasteiger partial charge in [-0.15, -0.1) is 0 Å². The number of nitrogens with zero attached hydrogens (tertiary/aromatic N) is 2. The zero-order valence-electron chi connectivity index (χ0n) is 16.1. The third kappa shape index (κ3) is 6.52. The molecule has 1 saturated heterocycles. The number of aromatic nitrogens is 1. The Balaban J connectivity index is 1.41. The van der Waals surface area contributed by atoms with E-state index in [1.54, 1.807) is 18.3 Å². The van der Waals surface area contributed by atoms with Gasteiger partial charge in [0.2, 0.25) is 15.9 Å². The van der Waals surface area contributed by atoms with E-state index in [-0.39, 0.29) is 23.8 Å². The smallest absolute Gasteiger partial charge is 0.240 e. The molecule has 2 heterocycles. The summed E-state index contributed by atoms with van der Waals surface area (Å²) >= 11 is 3.27. The first-order valence-electron chi connectivity index (χ1n) is 9.66. The topological polar surface area (TPSA) is 91.4 Å². The van der Waals surface area contributed by atoms with Crippen LogP contribution in [-0.2, 0) is 21.4 Å². The predicted molar refractivity (Wildman–Crippen MR) is 116 cm³/mol. The zero-order valence-corrected chi connectivity index (χ0v) is 18.5. The second kappa shape index (κ2) is 10.2. The summed E-state index contributed by atoms with van der Waals surface area (Å²) in [7, 11) is -3.62. The van der Waals surface area contributed by atoms with Crippen molar-refractivity contribution >= 4 is 37.7 Å². The number of carbonyl (C=O) groups is 1. The number of rotatable bonds is 8. The fourth-order valence-electron chi connectivity index (χ4n) is 3.12. The predicted octanol–water partition coefficient (Wildman–Crippen LogP) is 2.82. The molecule has 2 N–H and O–H groups in total. The lowest BCUT2D eigenvalue weighted by Gasteiger charge is -2.27. The average Bonchev–Trinajstić information content (AvgIpc) is 2.73. The molecule has 0 radical (unpaired) electrons. The Bertz CT molecular complexity index is 912. The molecule has 29 heavy (non-hydrogen) atoms. The van der Waals surface area contributed by atoms with Crippen LogP contribution in [0.2, 0.25) is 0 Å². The first-order valence-corrected chi connectivity index (χ1v) is 11.9. The van der Waals surface area contributed by atoms with Crippen molar-refractivity contribution in [3.63, 3.8) is 0 Å². The van der Waals surface area contributed by atoms with E-state index in [0.717, 1.165) is 28.9 Å². The standard InChI is InChI=1S/C20H25BrN4O3S/c21-17-5-7-18(8-6-17)29(27,28)24-11-10-20(26)23-15-16-4-9-19(22-14-16)25-12-2-1-3-13-25/h4-9,14,24H,1-3,10-13,15H2,(H,23,26). The summed E-state index contributed by atoms with van der Waals surface area (Å²) in [6, 6.07) is 10.3. The highest BCUT2D eigenvalue weighted by Crippen LogP contribution is 2.17. The zero-order chi connectivity index (χ0) is 20.7. The fourth-order valence-corrected chi connectivity index (χ4v) is 4.41. The largest absolute Gasteiger partial charge is 0.357 e. The van der Waals surface area contributed by atoms with E-state index in [1.165, 1.54) is 31.4 Å². The highest BCUT2D eigenvalue weighted by Gasteiger charge is 2.14. The van der Waals surface area contributed by atoms with Gasteiger partial charge >= 0.3 is 0 Å². The van der Waals surface area contributed by atoms with Gasteiger partial charge in [0.05, 0.1) is 4.90 Å². The molecule has 0 aliphatic carbocycles. The average molecular weight is 481 g/mol. The Kier molecular flexibility index (Phi) is 7.63. The van der Waals surface area contributed by atoms with E-state index in [4.69, 9.17) is 0 Å². The number of piperidine rings is 1. The molecule has 1 aliphatic heterocycles. The van der Waals surface area contributed by atoms with Crippen molar-refractivity contribution in [3.05, 3.63) is 52.6 Å². The number of anilines is 1. The van der Waals surface area contributed by atoms with E-state index >= 15 is 0 Å². The van der Waals surface area contributed by atoms with Gasteiger partial charge in [0.25, 0.3) is 0 Å². The van der Waals surface area contributed by atoms with Crippen molar-refractivity contribution in [2.24, 2.45) is 0 Å². The van der Waals surface area contributed by atoms with Gasteiger partial charge < -0.3 is 10.2 Å². The van der Waals surface area contributed by atoms with Crippen molar-refractivity contribution in [1.82, 2.24) is 15.0 Å². The molecule has 2 aromatic rings. The normalized spacial score (nSPS) is 14.6. The lowest BCUT2D eigenvalue weighted by atomic mass is 10.1. The number of hydrogen-bond donors (Lipinski definition) is 2. The quantitative estimate of drug-likeness (QED) is 0.605. The molecule has 3 rings (SSSR count). The first-order chi connectivity index (χ1) is 13.9. The molecular weight excluding hydrogens is 456 g/mol. The minimum absolute atomic E-state index is 0.0381. The van der Waals surface area contributed by atoms with Gasteiger partial charge in [-0.05, 0) is 55.2 Å². The lowest BCUT2D eigenvalue weighted by Crippen LogP contribution is -2.31. The minimum atomic E-state index is -3.62. The maximum Gasteiger partial charge on any atom is 0.240 e. The second-order valence-electron chi connectivity index (χ2n) is 6.95. The highest BCUT2D eigenvalue weighted by molar-refractivity contribution is 9.10. The van der Waals surface area contributed by atoms with Gasteiger partial charge in [-0.1, -0.05) is 22.0 Å². The number of amides is 1. The maximum atomic E-state index is 12.2. The Morgan fingerprint density at radius 3 is 2.45 bits per heavy atom. The summed E-state index contributed by atoms with van der Waals surface area (Å²) in [6.07, 6.45) is 5.52. The summed E-state index contributed by atoms with van der Waals surface area (Å²) in [5, 5.41) is 2.80. The number of halogens is 1. The first kappa shape index (κ1) is 21.7. The third-order valence-corrected chi connectivity index (χ3v) is 6.75. The molecule has 1 aliphatic rings. The van der Waals surface area contributed by atoms with Crippen molar-refractivity contribution < 1.29 is 13.2 Å². The SMILES string of the molecule is O=C(CCNS(=O)(=O)c1ccc(Br)cc1)NCc1ccc(N2CCCCC2)nc1.